The SMILES string of the molecule is CC.CC1(C)CCCCC1O.N#Cc1cnc(NCCC2C(=O)Nc3cc(F)ccc32)nc1N. The molecule has 34 heavy (non-hydrogen) atoms. The lowest BCUT2D eigenvalue weighted by atomic mass is 9.75. The summed E-state index contributed by atoms with van der Waals surface area (Å²) in [5, 5.41) is 23.8. The summed E-state index contributed by atoms with van der Waals surface area (Å²) in [7, 11) is 0. The molecule has 1 aromatic carbocycles. The van der Waals surface area contributed by atoms with Crippen LogP contribution < -0.4 is 16.4 Å². The van der Waals surface area contributed by atoms with Crippen molar-refractivity contribution in [2.24, 2.45) is 5.41 Å². The lowest BCUT2D eigenvalue weighted by Gasteiger charge is -2.34. The van der Waals surface area contributed by atoms with Gasteiger partial charge in [-0.05, 0) is 42.4 Å². The first-order chi connectivity index (χ1) is 16.2. The highest BCUT2D eigenvalue weighted by atomic mass is 19.1. The van der Waals surface area contributed by atoms with Crippen molar-refractivity contribution in [1.29, 1.82) is 5.26 Å². The summed E-state index contributed by atoms with van der Waals surface area (Å²) < 4.78 is 13.2. The highest BCUT2D eigenvalue weighted by Gasteiger charge is 2.31. The lowest BCUT2D eigenvalue weighted by Crippen LogP contribution is -2.32. The Morgan fingerprint density at radius 3 is 2.68 bits per heavy atom. The summed E-state index contributed by atoms with van der Waals surface area (Å²) in [6.45, 7) is 8.73. The third kappa shape index (κ3) is 6.87. The van der Waals surface area contributed by atoms with E-state index >= 15 is 0 Å². The van der Waals surface area contributed by atoms with E-state index in [2.05, 4.69) is 34.4 Å². The van der Waals surface area contributed by atoms with Gasteiger partial charge in [0.05, 0.1) is 18.2 Å². The first-order valence-electron chi connectivity index (χ1n) is 11.8. The zero-order valence-corrected chi connectivity index (χ0v) is 20.4. The fraction of sp³-hybridized carbons (Fsp3) is 0.520. The molecule has 0 radical (unpaired) electrons. The van der Waals surface area contributed by atoms with Gasteiger partial charge in [0.15, 0.2) is 0 Å². The van der Waals surface area contributed by atoms with E-state index in [0.717, 1.165) is 12.0 Å². The average Bonchev–Trinajstić information content (AvgIpc) is 3.12. The van der Waals surface area contributed by atoms with Crippen LogP contribution in [0.3, 0.4) is 0 Å². The van der Waals surface area contributed by atoms with Gasteiger partial charge in [0, 0.05) is 12.2 Å². The topological polar surface area (TPSA) is 137 Å². The number of nitriles is 1. The average molecular weight is 471 g/mol. The van der Waals surface area contributed by atoms with Crippen LogP contribution in [0.15, 0.2) is 24.4 Å². The number of fused-ring (bicyclic) bond motifs is 1. The zero-order chi connectivity index (χ0) is 25.3. The number of amides is 1. The fourth-order valence-corrected chi connectivity index (χ4v) is 3.96. The van der Waals surface area contributed by atoms with Crippen LogP contribution >= 0.6 is 0 Å². The largest absolute Gasteiger partial charge is 0.393 e. The number of aliphatic hydroxyl groups excluding tert-OH is 1. The van der Waals surface area contributed by atoms with Gasteiger partial charge in [-0.25, -0.2) is 9.37 Å². The first kappa shape index (κ1) is 27.0. The Morgan fingerprint density at radius 2 is 2.09 bits per heavy atom. The minimum atomic E-state index is -0.385. The maximum atomic E-state index is 13.2. The molecule has 1 aliphatic heterocycles. The van der Waals surface area contributed by atoms with Gasteiger partial charge in [-0.2, -0.15) is 10.2 Å². The number of carbonyl (C=O) groups excluding carboxylic acids is 1. The van der Waals surface area contributed by atoms with Crippen LogP contribution in [0.1, 0.15) is 76.8 Å². The van der Waals surface area contributed by atoms with Gasteiger partial charge in [-0.1, -0.05) is 46.6 Å². The Bertz CT molecular complexity index is 1020. The molecule has 1 saturated carbocycles. The number of benzene rings is 1. The Kier molecular flexibility index (Phi) is 9.75. The summed E-state index contributed by atoms with van der Waals surface area (Å²) in [5.41, 5.74) is 7.30. The Hall–Kier alpha value is -3.25. The number of halogens is 1. The highest BCUT2D eigenvalue weighted by Crippen LogP contribution is 2.35. The molecule has 2 heterocycles. The molecule has 8 nitrogen and oxygen atoms in total. The van der Waals surface area contributed by atoms with Crippen LogP contribution in [-0.4, -0.2) is 33.6 Å². The van der Waals surface area contributed by atoms with Gasteiger partial charge in [-0.15, -0.1) is 0 Å². The van der Waals surface area contributed by atoms with Crippen molar-refractivity contribution >= 4 is 23.4 Å². The predicted octanol–water partition coefficient (Wildman–Crippen LogP) is 4.58. The second kappa shape index (κ2) is 12.3. The number of rotatable bonds is 4. The smallest absolute Gasteiger partial charge is 0.232 e. The number of hydrogen-bond donors (Lipinski definition) is 4. The van der Waals surface area contributed by atoms with E-state index in [1.807, 2.05) is 19.9 Å². The number of hydrogen-bond acceptors (Lipinski definition) is 7. The van der Waals surface area contributed by atoms with Crippen molar-refractivity contribution in [1.82, 2.24) is 9.97 Å². The molecule has 1 aromatic heterocycles. The van der Waals surface area contributed by atoms with Crippen LogP contribution in [0.25, 0.3) is 0 Å². The summed E-state index contributed by atoms with van der Waals surface area (Å²) in [6, 6.07) is 6.15. The molecule has 2 unspecified atom stereocenters. The fourth-order valence-electron chi connectivity index (χ4n) is 3.96. The number of nitrogens with zero attached hydrogens (tertiary/aromatic N) is 3. The third-order valence-corrected chi connectivity index (χ3v) is 6.07. The lowest BCUT2D eigenvalue weighted by molar-refractivity contribution is -0.117. The van der Waals surface area contributed by atoms with Crippen molar-refractivity contribution in [2.45, 2.75) is 71.8 Å². The molecule has 1 aliphatic carbocycles. The van der Waals surface area contributed by atoms with Crippen molar-refractivity contribution in [3.63, 3.8) is 0 Å². The van der Waals surface area contributed by atoms with Crippen molar-refractivity contribution in [3.8, 4) is 6.07 Å². The molecule has 2 aromatic rings. The summed E-state index contributed by atoms with van der Waals surface area (Å²) in [6.07, 6.45) is 6.49. The number of nitrogens with one attached hydrogen (secondary N) is 2. The molecule has 5 N–H and O–H groups in total. The standard InChI is InChI=1S/C15H13FN6O.C8H16O.C2H6/c16-9-1-2-10-11(14(23)21-12(10)5-9)3-4-19-15-20-7-8(6-17)13(18)22-15;1-8(2)6-4-3-5-7(8)9;1-2/h1-2,5,7,11H,3-4H2,(H,21,23)(H3,18,19,20,22);7,9H,3-6H2,1-2H3;1-2H3. The summed E-state index contributed by atoms with van der Waals surface area (Å²) >= 11 is 0. The molecule has 1 amide bonds. The highest BCUT2D eigenvalue weighted by molar-refractivity contribution is 6.02. The minimum absolute atomic E-state index is 0.0498. The van der Waals surface area contributed by atoms with Crippen LogP contribution in [0.4, 0.5) is 21.8 Å². The minimum Gasteiger partial charge on any atom is -0.393 e. The Morgan fingerprint density at radius 1 is 1.35 bits per heavy atom. The number of aliphatic hydroxyl groups is 1. The molecular formula is C25H35FN6O2. The van der Waals surface area contributed by atoms with Crippen LogP contribution in [0, 0.1) is 22.6 Å². The zero-order valence-electron chi connectivity index (χ0n) is 20.4. The molecule has 4 rings (SSSR count). The molecule has 0 saturated heterocycles. The van der Waals surface area contributed by atoms with E-state index < -0.39 is 0 Å². The first-order valence-corrected chi connectivity index (χ1v) is 11.8. The number of nitrogens with two attached hydrogens (primary N) is 1. The Balaban J connectivity index is 0.000000311. The van der Waals surface area contributed by atoms with Crippen molar-refractivity contribution in [2.75, 3.05) is 22.9 Å². The van der Waals surface area contributed by atoms with E-state index in [1.54, 1.807) is 6.07 Å². The molecule has 0 spiro atoms. The maximum Gasteiger partial charge on any atom is 0.232 e. The molecule has 1 fully saturated rings. The van der Waals surface area contributed by atoms with Gasteiger partial charge in [-0.3, -0.25) is 4.79 Å². The molecule has 9 heteroatoms. The van der Waals surface area contributed by atoms with Gasteiger partial charge >= 0.3 is 0 Å². The normalized spacial score (nSPS) is 19.9. The van der Waals surface area contributed by atoms with E-state index in [0.29, 0.717) is 24.6 Å². The maximum absolute atomic E-state index is 13.2. The second-order valence-corrected chi connectivity index (χ2v) is 8.84. The predicted molar refractivity (Wildman–Crippen MR) is 132 cm³/mol. The van der Waals surface area contributed by atoms with E-state index in [9.17, 15) is 14.3 Å². The quantitative estimate of drug-likeness (QED) is 0.513. The molecule has 184 valence electrons. The van der Waals surface area contributed by atoms with Crippen LogP contribution in [-0.2, 0) is 4.79 Å². The van der Waals surface area contributed by atoms with Crippen molar-refractivity contribution in [3.05, 3.63) is 41.3 Å². The second-order valence-electron chi connectivity index (χ2n) is 8.84. The molecule has 2 atom stereocenters. The van der Waals surface area contributed by atoms with E-state index in [1.165, 1.54) is 37.6 Å². The molecule has 2 aliphatic rings. The molecular weight excluding hydrogens is 435 g/mol. The van der Waals surface area contributed by atoms with Gasteiger partial charge in [0.1, 0.15) is 23.3 Å². The Labute approximate surface area is 200 Å². The summed E-state index contributed by atoms with van der Waals surface area (Å²) in [5.74, 6) is -0.505. The van der Waals surface area contributed by atoms with Gasteiger partial charge in [0.2, 0.25) is 11.9 Å². The monoisotopic (exact) mass is 470 g/mol. The number of nitrogen functional groups attached to an aromatic ring is 1. The number of carbonyl (C=O) groups is 1. The van der Waals surface area contributed by atoms with Crippen LogP contribution in [0.5, 0.6) is 0 Å². The van der Waals surface area contributed by atoms with E-state index in [-0.39, 0.29) is 40.5 Å². The molecule has 0 bridgehead atoms. The summed E-state index contributed by atoms with van der Waals surface area (Å²) in [4.78, 5) is 19.9. The van der Waals surface area contributed by atoms with Gasteiger partial charge in [0.25, 0.3) is 0 Å². The van der Waals surface area contributed by atoms with Crippen LogP contribution in [0.2, 0.25) is 0 Å². The van der Waals surface area contributed by atoms with Crippen molar-refractivity contribution < 1.29 is 14.3 Å². The number of aromatic nitrogens is 2. The number of anilines is 3. The third-order valence-electron chi connectivity index (χ3n) is 6.07. The van der Waals surface area contributed by atoms with Gasteiger partial charge < -0.3 is 21.5 Å². The van der Waals surface area contributed by atoms with E-state index in [4.69, 9.17) is 11.0 Å².